The van der Waals surface area contributed by atoms with E-state index < -0.39 is 0 Å². The molecule has 0 aromatic carbocycles. The summed E-state index contributed by atoms with van der Waals surface area (Å²) in [5.41, 5.74) is 1.01. The minimum absolute atomic E-state index is 0.115. The molecule has 5 nitrogen and oxygen atoms in total. The highest BCUT2D eigenvalue weighted by atomic mass is 16.3. The van der Waals surface area contributed by atoms with Crippen molar-refractivity contribution in [2.24, 2.45) is 5.92 Å². The van der Waals surface area contributed by atoms with Gasteiger partial charge in [-0.2, -0.15) is 0 Å². The van der Waals surface area contributed by atoms with Crippen LogP contribution >= 0.6 is 0 Å². The fraction of sp³-hybridized carbons (Fsp3) is 0.467. The quantitative estimate of drug-likeness (QED) is 0.776. The zero-order valence-electron chi connectivity index (χ0n) is 11.4. The zero-order chi connectivity index (χ0) is 14.5. The van der Waals surface area contributed by atoms with E-state index in [1.54, 1.807) is 24.2 Å². The molecule has 1 aliphatic rings. The van der Waals surface area contributed by atoms with Crippen molar-refractivity contribution >= 4 is 5.91 Å². The first kappa shape index (κ1) is 14.5. The molecule has 0 saturated heterocycles. The number of nitrogens with zero attached hydrogens (tertiary/aromatic N) is 2. The maximum atomic E-state index is 12.4. The van der Waals surface area contributed by atoms with Crippen molar-refractivity contribution in [3.63, 3.8) is 0 Å². The average Bonchev–Trinajstić information content (AvgIpc) is 2.43. The van der Waals surface area contributed by atoms with Crippen LogP contribution in [0.15, 0.2) is 18.5 Å². The van der Waals surface area contributed by atoms with Gasteiger partial charge in [0.05, 0.1) is 17.2 Å². The lowest BCUT2D eigenvalue weighted by Gasteiger charge is -2.34. The molecule has 0 bridgehead atoms. The Morgan fingerprint density at radius 1 is 1.55 bits per heavy atom. The summed E-state index contributed by atoms with van der Waals surface area (Å²) in [6.07, 6.45) is 4.38. The Balaban J connectivity index is 2.08. The number of carbonyl (C=O) groups excluding carboxylic acids is 1. The van der Waals surface area contributed by atoms with Gasteiger partial charge >= 0.3 is 0 Å². The topological polar surface area (TPSA) is 73.7 Å². The van der Waals surface area contributed by atoms with Crippen molar-refractivity contribution in [1.82, 2.24) is 9.88 Å². The molecular weight excluding hydrogens is 256 g/mol. The van der Waals surface area contributed by atoms with Crippen molar-refractivity contribution in [2.75, 3.05) is 20.2 Å². The molecule has 1 aromatic rings. The van der Waals surface area contributed by atoms with Gasteiger partial charge in [0.15, 0.2) is 0 Å². The van der Waals surface area contributed by atoms with E-state index in [0.717, 1.165) is 12.8 Å². The third kappa shape index (κ3) is 3.35. The van der Waals surface area contributed by atoms with E-state index in [4.69, 9.17) is 5.11 Å². The second-order valence-corrected chi connectivity index (χ2v) is 5.06. The van der Waals surface area contributed by atoms with Gasteiger partial charge in [0.1, 0.15) is 6.61 Å². The van der Waals surface area contributed by atoms with Crippen LogP contribution in [0.4, 0.5) is 0 Å². The van der Waals surface area contributed by atoms with Crippen LogP contribution in [0.1, 0.15) is 28.8 Å². The summed E-state index contributed by atoms with van der Waals surface area (Å²) < 4.78 is 0. The minimum atomic E-state index is -0.252. The second kappa shape index (κ2) is 6.51. The van der Waals surface area contributed by atoms with E-state index in [1.807, 2.05) is 0 Å². The van der Waals surface area contributed by atoms with Crippen molar-refractivity contribution in [1.29, 1.82) is 0 Å². The van der Waals surface area contributed by atoms with E-state index in [9.17, 15) is 9.90 Å². The molecule has 20 heavy (non-hydrogen) atoms. The van der Waals surface area contributed by atoms with Gasteiger partial charge in [-0.25, -0.2) is 0 Å². The summed E-state index contributed by atoms with van der Waals surface area (Å²) in [6.45, 7) is 0.378. The van der Waals surface area contributed by atoms with Crippen molar-refractivity contribution in [3.8, 4) is 11.8 Å². The SMILES string of the molecule is CN(CC1CC(O)C1)C(=O)c1ccncc1C#CCO. The smallest absolute Gasteiger partial charge is 0.254 e. The molecule has 0 spiro atoms. The second-order valence-electron chi connectivity index (χ2n) is 5.06. The molecule has 106 valence electrons. The van der Waals surface area contributed by atoms with Gasteiger partial charge in [0.25, 0.3) is 5.91 Å². The summed E-state index contributed by atoms with van der Waals surface area (Å²) in [4.78, 5) is 18.0. The predicted octanol–water partition coefficient (Wildman–Crippen LogP) is 0.268. The summed E-state index contributed by atoms with van der Waals surface area (Å²) in [6, 6.07) is 1.63. The van der Waals surface area contributed by atoms with Crippen molar-refractivity contribution < 1.29 is 15.0 Å². The van der Waals surface area contributed by atoms with E-state index in [2.05, 4.69) is 16.8 Å². The number of amides is 1. The summed E-state index contributed by atoms with van der Waals surface area (Å²) in [5, 5.41) is 18.0. The maximum Gasteiger partial charge on any atom is 0.254 e. The molecule has 0 aliphatic heterocycles. The number of carbonyl (C=O) groups is 1. The molecule has 0 atom stereocenters. The number of hydrogen-bond acceptors (Lipinski definition) is 4. The third-order valence-electron chi connectivity index (χ3n) is 3.44. The summed E-state index contributed by atoms with van der Waals surface area (Å²) in [5.74, 6) is 5.52. The van der Waals surface area contributed by atoms with E-state index in [-0.39, 0.29) is 18.6 Å². The molecule has 1 heterocycles. The van der Waals surface area contributed by atoms with Gasteiger partial charge in [0.2, 0.25) is 0 Å². The zero-order valence-corrected chi connectivity index (χ0v) is 11.4. The Bertz CT molecular complexity index is 542. The van der Waals surface area contributed by atoms with Crippen LogP contribution in [0.5, 0.6) is 0 Å². The fourth-order valence-corrected chi connectivity index (χ4v) is 2.34. The van der Waals surface area contributed by atoms with Crippen LogP contribution in [0.25, 0.3) is 0 Å². The Kier molecular flexibility index (Phi) is 4.72. The molecule has 5 heteroatoms. The molecule has 0 radical (unpaired) electrons. The van der Waals surface area contributed by atoms with Gasteiger partial charge < -0.3 is 15.1 Å². The first-order valence-corrected chi connectivity index (χ1v) is 6.59. The van der Waals surface area contributed by atoms with Crippen LogP contribution in [0, 0.1) is 17.8 Å². The number of pyridine rings is 1. The minimum Gasteiger partial charge on any atom is -0.393 e. The molecule has 2 N–H and O–H groups in total. The number of aromatic nitrogens is 1. The molecular formula is C15H18N2O3. The largest absolute Gasteiger partial charge is 0.393 e. The van der Waals surface area contributed by atoms with Crippen LogP contribution in [-0.4, -0.2) is 52.3 Å². The molecule has 2 rings (SSSR count). The normalized spacial score (nSPS) is 20.6. The monoisotopic (exact) mass is 274 g/mol. The van der Waals surface area contributed by atoms with Crippen molar-refractivity contribution in [3.05, 3.63) is 29.6 Å². The van der Waals surface area contributed by atoms with E-state index in [1.165, 1.54) is 6.20 Å². The van der Waals surface area contributed by atoms with Gasteiger partial charge in [-0.15, -0.1) is 0 Å². The lowest BCUT2D eigenvalue weighted by molar-refractivity contribution is 0.0265. The summed E-state index contributed by atoms with van der Waals surface area (Å²) >= 11 is 0. The van der Waals surface area contributed by atoms with Crippen LogP contribution < -0.4 is 0 Å². The predicted molar refractivity (Wildman–Crippen MR) is 73.9 cm³/mol. The molecule has 1 saturated carbocycles. The van der Waals surface area contributed by atoms with Gasteiger partial charge in [-0.3, -0.25) is 9.78 Å². The molecule has 1 aliphatic carbocycles. The number of rotatable bonds is 3. The Labute approximate surface area is 118 Å². The highest BCUT2D eigenvalue weighted by Crippen LogP contribution is 2.28. The average molecular weight is 274 g/mol. The molecule has 0 unspecified atom stereocenters. The highest BCUT2D eigenvalue weighted by Gasteiger charge is 2.29. The Morgan fingerprint density at radius 2 is 2.30 bits per heavy atom. The number of aliphatic hydroxyl groups excluding tert-OH is 2. The van der Waals surface area contributed by atoms with Gasteiger partial charge in [-0.05, 0) is 24.8 Å². The summed E-state index contributed by atoms with van der Waals surface area (Å²) in [7, 11) is 1.75. The first-order valence-electron chi connectivity index (χ1n) is 6.59. The standard InChI is InChI=1S/C15H18N2O3/c1-17(10-11-7-13(19)8-11)15(20)14-4-5-16-9-12(14)3-2-6-18/h4-5,9,11,13,18-19H,6-8,10H2,1H3. The third-order valence-corrected chi connectivity index (χ3v) is 3.44. The van der Waals surface area contributed by atoms with Gasteiger partial charge in [-0.1, -0.05) is 11.8 Å². The first-order chi connectivity index (χ1) is 9.61. The van der Waals surface area contributed by atoms with E-state index >= 15 is 0 Å². The van der Waals surface area contributed by atoms with Crippen LogP contribution in [-0.2, 0) is 0 Å². The molecule has 1 amide bonds. The van der Waals surface area contributed by atoms with Crippen molar-refractivity contribution in [2.45, 2.75) is 18.9 Å². The molecule has 1 aromatic heterocycles. The maximum absolute atomic E-state index is 12.4. The lowest BCUT2D eigenvalue weighted by atomic mass is 9.82. The number of hydrogen-bond donors (Lipinski definition) is 2. The van der Waals surface area contributed by atoms with E-state index in [0.29, 0.717) is 23.6 Å². The van der Waals surface area contributed by atoms with Crippen LogP contribution in [0.2, 0.25) is 0 Å². The Morgan fingerprint density at radius 3 is 2.95 bits per heavy atom. The van der Waals surface area contributed by atoms with Gasteiger partial charge in [0, 0.05) is 26.0 Å². The Hall–Kier alpha value is -1.90. The lowest BCUT2D eigenvalue weighted by Crippen LogP contribution is -2.39. The molecule has 1 fully saturated rings. The number of aliphatic hydroxyl groups is 2. The highest BCUT2D eigenvalue weighted by molar-refractivity contribution is 5.96. The fourth-order valence-electron chi connectivity index (χ4n) is 2.34. The van der Waals surface area contributed by atoms with Crippen LogP contribution in [0.3, 0.4) is 0 Å².